The van der Waals surface area contributed by atoms with Crippen molar-refractivity contribution in [3.8, 4) is 10.6 Å². The molecule has 0 saturated carbocycles. The van der Waals surface area contributed by atoms with Crippen molar-refractivity contribution in [2.24, 2.45) is 4.99 Å². The summed E-state index contributed by atoms with van der Waals surface area (Å²) < 4.78 is 7.82. The predicted molar refractivity (Wildman–Crippen MR) is 105 cm³/mol. The van der Waals surface area contributed by atoms with Crippen LogP contribution in [0.15, 0.2) is 58.2 Å². The second kappa shape index (κ2) is 8.10. The number of thiophene rings is 1. The first-order valence-electron chi connectivity index (χ1n) is 8.52. The maximum atomic E-state index is 5.46. The highest BCUT2D eigenvalue weighted by atomic mass is 32.1. The zero-order valence-corrected chi connectivity index (χ0v) is 15.6. The number of hydrogen-bond acceptors (Lipinski definition) is 5. The molecule has 1 aliphatic rings. The molecule has 3 heterocycles. The van der Waals surface area contributed by atoms with E-state index >= 15 is 0 Å². The van der Waals surface area contributed by atoms with Gasteiger partial charge in [-0.25, -0.2) is 4.99 Å². The number of hydrogen-bond donors (Lipinski definition) is 0. The molecule has 4 nitrogen and oxygen atoms in total. The smallest absolute Gasteiger partial charge is 0.190 e. The topological polar surface area (TPSA) is 29.8 Å². The van der Waals surface area contributed by atoms with Crippen molar-refractivity contribution in [2.75, 3.05) is 32.8 Å². The van der Waals surface area contributed by atoms with E-state index in [1.807, 2.05) is 18.2 Å². The Bertz CT molecular complexity index is 846. The number of morpholine rings is 1. The van der Waals surface area contributed by atoms with E-state index in [4.69, 9.17) is 9.73 Å². The summed E-state index contributed by atoms with van der Waals surface area (Å²) in [7, 11) is 0. The number of ether oxygens (including phenoxy) is 1. The molecule has 4 rings (SSSR count). The first-order valence-corrected chi connectivity index (χ1v) is 10.3. The molecule has 0 spiro atoms. The molecule has 0 radical (unpaired) electrons. The average Bonchev–Trinajstić information content (AvgIpc) is 3.31. The minimum atomic E-state index is 0.841. The summed E-state index contributed by atoms with van der Waals surface area (Å²) in [6.07, 6.45) is 0. The SMILES string of the molecule is c1ccc(N=c2scc(-c3cccs3)n2CCN2CCOCC2)cc1. The molecule has 0 bridgehead atoms. The van der Waals surface area contributed by atoms with E-state index in [-0.39, 0.29) is 0 Å². The maximum Gasteiger partial charge on any atom is 0.190 e. The molecular formula is C19H21N3OS2. The molecule has 25 heavy (non-hydrogen) atoms. The van der Waals surface area contributed by atoms with Crippen molar-refractivity contribution in [2.45, 2.75) is 6.54 Å². The van der Waals surface area contributed by atoms with Gasteiger partial charge in [0.05, 0.1) is 29.5 Å². The van der Waals surface area contributed by atoms with Crippen LogP contribution in [0.1, 0.15) is 0 Å². The van der Waals surface area contributed by atoms with Crippen LogP contribution in [0.4, 0.5) is 5.69 Å². The number of thiazole rings is 1. The maximum absolute atomic E-state index is 5.46. The summed E-state index contributed by atoms with van der Waals surface area (Å²) >= 11 is 3.50. The van der Waals surface area contributed by atoms with Crippen molar-refractivity contribution in [1.29, 1.82) is 0 Å². The van der Waals surface area contributed by atoms with Crippen molar-refractivity contribution >= 4 is 28.4 Å². The Labute approximate surface area is 155 Å². The first kappa shape index (κ1) is 16.7. The Morgan fingerprint density at radius 1 is 0.960 bits per heavy atom. The van der Waals surface area contributed by atoms with Crippen molar-refractivity contribution in [3.05, 3.63) is 58.0 Å². The minimum Gasteiger partial charge on any atom is -0.379 e. The Morgan fingerprint density at radius 3 is 2.56 bits per heavy atom. The van der Waals surface area contributed by atoms with E-state index in [1.165, 1.54) is 10.6 Å². The van der Waals surface area contributed by atoms with Gasteiger partial charge in [-0.2, -0.15) is 0 Å². The van der Waals surface area contributed by atoms with Crippen LogP contribution in [-0.4, -0.2) is 42.3 Å². The van der Waals surface area contributed by atoms with Gasteiger partial charge >= 0.3 is 0 Å². The zero-order valence-electron chi connectivity index (χ0n) is 14.0. The standard InChI is InChI=1S/C19H21N3OS2/c1-2-5-16(6-3-1)20-19-22(9-8-21-10-12-23-13-11-21)17(15-25-19)18-7-4-14-24-18/h1-7,14-15H,8-13H2. The van der Waals surface area contributed by atoms with Gasteiger partial charge in [-0.05, 0) is 23.6 Å². The lowest BCUT2D eigenvalue weighted by molar-refractivity contribution is 0.0363. The molecule has 0 amide bonds. The third-order valence-electron chi connectivity index (χ3n) is 4.30. The fourth-order valence-electron chi connectivity index (χ4n) is 2.94. The van der Waals surface area contributed by atoms with E-state index < -0.39 is 0 Å². The van der Waals surface area contributed by atoms with Gasteiger partial charge in [-0.3, -0.25) is 4.90 Å². The molecule has 1 fully saturated rings. The van der Waals surface area contributed by atoms with Crippen LogP contribution >= 0.6 is 22.7 Å². The van der Waals surface area contributed by atoms with Crippen molar-refractivity contribution in [1.82, 2.24) is 9.47 Å². The zero-order chi connectivity index (χ0) is 16.9. The minimum absolute atomic E-state index is 0.841. The van der Waals surface area contributed by atoms with E-state index in [2.05, 4.69) is 44.5 Å². The highest BCUT2D eigenvalue weighted by Crippen LogP contribution is 2.25. The van der Waals surface area contributed by atoms with E-state index in [0.717, 1.165) is 49.9 Å². The molecule has 1 saturated heterocycles. The van der Waals surface area contributed by atoms with Crippen LogP contribution in [0.5, 0.6) is 0 Å². The summed E-state index contributed by atoms with van der Waals surface area (Å²) in [4.78, 5) is 9.71. The van der Waals surface area contributed by atoms with Gasteiger partial charge in [0.2, 0.25) is 0 Å². The third kappa shape index (κ3) is 4.10. The Kier molecular flexibility index (Phi) is 5.42. The van der Waals surface area contributed by atoms with Crippen LogP contribution in [0, 0.1) is 0 Å². The van der Waals surface area contributed by atoms with Crippen LogP contribution < -0.4 is 4.80 Å². The van der Waals surface area contributed by atoms with E-state index in [1.54, 1.807) is 22.7 Å². The molecule has 1 aromatic carbocycles. The highest BCUT2D eigenvalue weighted by molar-refractivity contribution is 7.14. The Hall–Kier alpha value is -1.73. The largest absolute Gasteiger partial charge is 0.379 e. The summed E-state index contributed by atoms with van der Waals surface area (Å²) in [5.41, 5.74) is 2.27. The normalized spacial score (nSPS) is 16.4. The molecule has 130 valence electrons. The van der Waals surface area contributed by atoms with Crippen LogP contribution in [0.2, 0.25) is 0 Å². The number of benzene rings is 1. The number of para-hydroxylation sites is 1. The lowest BCUT2D eigenvalue weighted by atomic mass is 10.3. The number of aromatic nitrogens is 1. The highest BCUT2D eigenvalue weighted by Gasteiger charge is 2.13. The Morgan fingerprint density at radius 2 is 1.80 bits per heavy atom. The van der Waals surface area contributed by atoms with Crippen molar-refractivity contribution in [3.63, 3.8) is 0 Å². The fraction of sp³-hybridized carbons (Fsp3) is 0.316. The lowest BCUT2D eigenvalue weighted by Crippen LogP contribution is -2.39. The Balaban J connectivity index is 1.65. The second-order valence-electron chi connectivity index (χ2n) is 5.93. The summed E-state index contributed by atoms with van der Waals surface area (Å²) in [5, 5.41) is 4.36. The summed E-state index contributed by atoms with van der Waals surface area (Å²) in [5.74, 6) is 0. The monoisotopic (exact) mass is 371 g/mol. The average molecular weight is 372 g/mol. The van der Waals surface area contributed by atoms with Gasteiger partial charge in [0.1, 0.15) is 0 Å². The number of nitrogens with zero attached hydrogens (tertiary/aromatic N) is 3. The molecule has 0 aliphatic carbocycles. The second-order valence-corrected chi connectivity index (χ2v) is 7.72. The summed E-state index contributed by atoms with van der Waals surface area (Å²) in [6, 6.07) is 14.5. The van der Waals surface area contributed by atoms with Crippen LogP contribution in [0.25, 0.3) is 10.6 Å². The summed E-state index contributed by atoms with van der Waals surface area (Å²) in [6.45, 7) is 5.69. The molecule has 2 aromatic heterocycles. The van der Waals surface area contributed by atoms with E-state index in [0.29, 0.717) is 0 Å². The van der Waals surface area contributed by atoms with Gasteiger partial charge in [0, 0.05) is 31.6 Å². The molecule has 0 atom stereocenters. The molecule has 0 N–H and O–H groups in total. The fourth-order valence-corrected chi connectivity index (χ4v) is 4.71. The first-order chi connectivity index (χ1) is 12.4. The van der Waals surface area contributed by atoms with Gasteiger partial charge < -0.3 is 9.30 Å². The predicted octanol–water partition coefficient (Wildman–Crippen LogP) is 3.84. The lowest BCUT2D eigenvalue weighted by Gasteiger charge is -2.26. The molecular weight excluding hydrogens is 350 g/mol. The molecule has 3 aromatic rings. The van der Waals surface area contributed by atoms with Crippen LogP contribution in [0.3, 0.4) is 0 Å². The number of rotatable bonds is 5. The van der Waals surface area contributed by atoms with Crippen LogP contribution in [-0.2, 0) is 11.3 Å². The third-order valence-corrected chi connectivity index (χ3v) is 6.05. The van der Waals surface area contributed by atoms with Crippen molar-refractivity contribution < 1.29 is 4.74 Å². The quantitative estimate of drug-likeness (QED) is 0.682. The van der Waals surface area contributed by atoms with Gasteiger partial charge in [0.15, 0.2) is 4.80 Å². The van der Waals surface area contributed by atoms with E-state index in [9.17, 15) is 0 Å². The van der Waals surface area contributed by atoms with Gasteiger partial charge in [0.25, 0.3) is 0 Å². The molecule has 0 unspecified atom stereocenters. The van der Waals surface area contributed by atoms with Gasteiger partial charge in [-0.1, -0.05) is 24.3 Å². The molecule has 1 aliphatic heterocycles. The van der Waals surface area contributed by atoms with Gasteiger partial charge in [-0.15, -0.1) is 22.7 Å². The molecule has 6 heteroatoms.